The summed E-state index contributed by atoms with van der Waals surface area (Å²) in [6.45, 7) is 35.7. The van der Waals surface area contributed by atoms with E-state index in [-0.39, 0.29) is 68.4 Å². The molecule has 8 atom stereocenters. The lowest BCUT2D eigenvalue weighted by molar-refractivity contribution is -0.116. The summed E-state index contributed by atoms with van der Waals surface area (Å²) in [5, 5.41) is 0. The highest BCUT2D eigenvalue weighted by Crippen LogP contribution is 2.62. The molecule has 8 unspecified atom stereocenters. The van der Waals surface area contributed by atoms with Crippen LogP contribution in [0.1, 0.15) is 145 Å². The molecular formula is C61H86O6P2. The van der Waals surface area contributed by atoms with Gasteiger partial charge in [0.15, 0.2) is 0 Å². The van der Waals surface area contributed by atoms with Gasteiger partial charge in [0.05, 0.1) is 44.1 Å². The maximum Gasteiger partial charge on any atom is 0.332 e. The zero-order valence-electron chi connectivity index (χ0n) is 44.7. The van der Waals surface area contributed by atoms with Crippen molar-refractivity contribution in [3.05, 3.63) is 144 Å². The van der Waals surface area contributed by atoms with Gasteiger partial charge in [0.25, 0.3) is 0 Å². The predicted molar refractivity (Wildman–Crippen MR) is 286 cm³/mol. The fourth-order valence-corrected chi connectivity index (χ4v) is 15.8. The van der Waals surface area contributed by atoms with E-state index in [0.717, 1.165) is 25.7 Å². The molecule has 2 saturated carbocycles. The van der Waals surface area contributed by atoms with Crippen molar-refractivity contribution >= 4 is 17.2 Å². The van der Waals surface area contributed by atoms with Crippen molar-refractivity contribution in [3.8, 4) is 0 Å². The van der Waals surface area contributed by atoms with Crippen LogP contribution in [0.3, 0.4) is 0 Å². The maximum atomic E-state index is 7.32. The summed E-state index contributed by atoms with van der Waals surface area (Å²) in [5.74, 6) is 1.95. The SMILES string of the molecule is CC(C)(C)C1CC(C(C)(C)c2ccccc2)CC(C(C)(C)c2ccccc2)C1OP1OCC2(CO1)COP(OC1C(C(C)(C)C)CC(C(C)(C)c3ccccc3)CC1C(C)(C)c1ccccc1)OC2. The molecule has 4 fully saturated rings. The van der Waals surface area contributed by atoms with Crippen LogP contribution in [0.2, 0.25) is 0 Å². The highest BCUT2D eigenvalue weighted by atomic mass is 31.2. The second-order valence-corrected chi connectivity index (χ2v) is 28.4. The average molecular weight is 977 g/mol. The van der Waals surface area contributed by atoms with Gasteiger partial charge in [-0.1, -0.05) is 218 Å². The van der Waals surface area contributed by atoms with Crippen LogP contribution in [0.25, 0.3) is 0 Å². The van der Waals surface area contributed by atoms with E-state index in [2.05, 4.69) is 218 Å². The summed E-state index contributed by atoms with van der Waals surface area (Å²) >= 11 is 0. The molecule has 4 aromatic rings. The molecule has 376 valence electrons. The van der Waals surface area contributed by atoms with Crippen LogP contribution in [-0.4, -0.2) is 38.6 Å². The maximum absolute atomic E-state index is 7.32. The summed E-state index contributed by atoms with van der Waals surface area (Å²) in [4.78, 5) is 0. The Bertz CT molecular complexity index is 2070. The van der Waals surface area contributed by atoms with E-state index in [1.165, 1.54) is 22.3 Å². The van der Waals surface area contributed by atoms with Crippen LogP contribution < -0.4 is 0 Å². The molecule has 2 aliphatic heterocycles. The molecule has 4 aliphatic rings. The van der Waals surface area contributed by atoms with Gasteiger partial charge >= 0.3 is 17.2 Å². The second-order valence-electron chi connectivity index (χ2n) is 26.0. The zero-order chi connectivity index (χ0) is 49.6. The molecule has 0 bridgehead atoms. The fraction of sp³-hybridized carbons (Fsp3) is 0.607. The van der Waals surface area contributed by atoms with Crippen LogP contribution in [0.15, 0.2) is 121 Å². The molecule has 0 aromatic heterocycles. The number of benzene rings is 4. The van der Waals surface area contributed by atoms with Gasteiger partial charge < -0.3 is 27.1 Å². The highest BCUT2D eigenvalue weighted by Gasteiger charge is 2.56. The molecule has 1 spiro atoms. The third-order valence-electron chi connectivity index (χ3n) is 18.3. The van der Waals surface area contributed by atoms with Crippen molar-refractivity contribution in [2.75, 3.05) is 26.4 Å². The second kappa shape index (κ2) is 20.4. The molecule has 4 aromatic carbocycles. The van der Waals surface area contributed by atoms with Crippen molar-refractivity contribution in [1.29, 1.82) is 0 Å². The minimum Gasteiger partial charge on any atom is -0.311 e. The van der Waals surface area contributed by atoms with Gasteiger partial charge in [-0.2, -0.15) is 0 Å². The van der Waals surface area contributed by atoms with Crippen LogP contribution in [-0.2, 0) is 48.8 Å². The summed E-state index contributed by atoms with van der Waals surface area (Å²) in [5.41, 5.74) is 4.71. The molecule has 2 aliphatic carbocycles. The fourth-order valence-electron chi connectivity index (χ4n) is 12.9. The van der Waals surface area contributed by atoms with Gasteiger partial charge in [-0.3, -0.25) is 0 Å². The van der Waals surface area contributed by atoms with Gasteiger partial charge in [-0.25, -0.2) is 0 Å². The number of rotatable bonds is 12. The molecule has 8 heteroatoms. The van der Waals surface area contributed by atoms with E-state index < -0.39 is 22.6 Å². The molecule has 2 heterocycles. The molecule has 69 heavy (non-hydrogen) atoms. The molecule has 8 rings (SSSR count). The summed E-state index contributed by atoms with van der Waals surface area (Å²) in [7, 11) is -3.20. The predicted octanol–water partition coefficient (Wildman–Crippen LogP) is 16.6. The van der Waals surface area contributed by atoms with Crippen molar-refractivity contribution in [2.45, 2.75) is 156 Å². The van der Waals surface area contributed by atoms with Crippen molar-refractivity contribution in [1.82, 2.24) is 0 Å². The zero-order valence-corrected chi connectivity index (χ0v) is 46.5. The van der Waals surface area contributed by atoms with E-state index in [0.29, 0.717) is 38.3 Å². The van der Waals surface area contributed by atoms with Gasteiger partial charge in [-0.15, -0.1) is 0 Å². The number of hydrogen-bond acceptors (Lipinski definition) is 6. The molecule has 6 nitrogen and oxygen atoms in total. The first-order valence-corrected chi connectivity index (χ1v) is 28.3. The Labute approximate surface area is 420 Å². The topological polar surface area (TPSA) is 55.4 Å². The minimum absolute atomic E-state index is 0.00561. The third-order valence-corrected chi connectivity index (χ3v) is 20.4. The smallest absolute Gasteiger partial charge is 0.311 e. The third kappa shape index (κ3) is 11.2. The number of hydrogen-bond donors (Lipinski definition) is 0. The van der Waals surface area contributed by atoms with E-state index in [1.54, 1.807) is 0 Å². The first kappa shape index (κ1) is 52.8. The monoisotopic (exact) mass is 977 g/mol. The van der Waals surface area contributed by atoms with Crippen molar-refractivity contribution < 1.29 is 27.1 Å². The van der Waals surface area contributed by atoms with Crippen LogP contribution in [0, 0.1) is 51.8 Å². The largest absolute Gasteiger partial charge is 0.332 e. The van der Waals surface area contributed by atoms with Gasteiger partial charge in [-0.05, 0) is 116 Å². The van der Waals surface area contributed by atoms with E-state index in [1.807, 2.05) is 0 Å². The Balaban J connectivity index is 0.986. The lowest BCUT2D eigenvalue weighted by Crippen LogP contribution is -2.54. The Morgan fingerprint density at radius 2 is 0.609 bits per heavy atom. The van der Waals surface area contributed by atoms with Gasteiger partial charge in [0, 0.05) is 0 Å². The van der Waals surface area contributed by atoms with E-state index in [4.69, 9.17) is 27.1 Å². The quantitative estimate of drug-likeness (QED) is 0.132. The first-order chi connectivity index (χ1) is 32.4. The Kier molecular flexibility index (Phi) is 15.6. The summed E-state index contributed by atoms with van der Waals surface area (Å²) in [6, 6.07) is 44.4. The summed E-state index contributed by atoms with van der Waals surface area (Å²) in [6.07, 6.45) is 4.13. The molecule has 2 saturated heterocycles. The Hall–Kier alpha value is -2.50. The highest BCUT2D eigenvalue weighted by molar-refractivity contribution is 7.42. The van der Waals surface area contributed by atoms with Crippen LogP contribution >= 0.6 is 17.2 Å². The molecule has 0 N–H and O–H groups in total. The lowest BCUT2D eigenvalue weighted by atomic mass is 9.53. The van der Waals surface area contributed by atoms with Crippen LogP contribution in [0.4, 0.5) is 0 Å². The molecule has 0 amide bonds. The molecular weight excluding hydrogens is 891 g/mol. The average Bonchev–Trinajstić information content (AvgIpc) is 3.33. The molecule has 0 radical (unpaired) electrons. The van der Waals surface area contributed by atoms with Crippen LogP contribution in [0.5, 0.6) is 0 Å². The Morgan fingerprint density at radius 3 is 0.870 bits per heavy atom. The Morgan fingerprint density at radius 1 is 0.362 bits per heavy atom. The van der Waals surface area contributed by atoms with E-state index in [9.17, 15) is 0 Å². The van der Waals surface area contributed by atoms with Crippen molar-refractivity contribution in [2.24, 2.45) is 51.8 Å². The summed E-state index contributed by atoms with van der Waals surface area (Å²) < 4.78 is 41.6. The van der Waals surface area contributed by atoms with Crippen molar-refractivity contribution in [3.63, 3.8) is 0 Å². The van der Waals surface area contributed by atoms with E-state index >= 15 is 0 Å². The minimum atomic E-state index is -1.60. The lowest BCUT2D eigenvalue weighted by Gasteiger charge is -2.55. The van der Waals surface area contributed by atoms with Gasteiger partial charge in [0.2, 0.25) is 0 Å². The van der Waals surface area contributed by atoms with Gasteiger partial charge in [0.1, 0.15) is 0 Å². The standard InChI is InChI=1S/C61H86O6P2/c1-55(2,3)49-35-47(57(7,8)43-27-19-15-20-28-43)37-51(59(11,12)45-31-23-17-24-32-45)53(49)66-68-62-39-61(40-63-68)41-64-69(65-42-61)67-54-50(56(4,5)6)36-48(58(9,10)44-29-21-16-22-30-44)38-52(54)60(13,14)46-33-25-18-26-34-46/h15-34,47-54H,35-42H2,1-14H3. The first-order valence-electron chi connectivity index (χ1n) is 26.1. The normalized spacial score (nSPS) is 31.1.